The van der Waals surface area contributed by atoms with Crippen molar-refractivity contribution in [3.05, 3.63) is 29.3 Å². The Balaban J connectivity index is 1.27. The molecule has 2 saturated heterocycles. The predicted molar refractivity (Wildman–Crippen MR) is 96.9 cm³/mol. The average Bonchev–Trinajstić information content (AvgIpc) is 3.39. The van der Waals surface area contributed by atoms with Crippen LogP contribution in [-0.4, -0.2) is 60.6 Å². The molecule has 0 aliphatic carbocycles. The molecule has 0 radical (unpaired) electrons. The van der Waals surface area contributed by atoms with Gasteiger partial charge in [-0.2, -0.15) is 0 Å². The maximum Gasteiger partial charge on any atom is 0.251 e. The first-order valence-corrected chi connectivity index (χ1v) is 10.00. The number of nitrogens with zero attached hydrogens (tertiary/aromatic N) is 1. The second kappa shape index (κ2) is 7.25. The number of fused-ring (bicyclic) bond motifs is 1. The number of rotatable bonds is 4. The molecule has 25 heavy (non-hydrogen) atoms. The van der Waals surface area contributed by atoms with Crippen molar-refractivity contribution in [2.24, 2.45) is 5.92 Å². The van der Waals surface area contributed by atoms with Crippen LogP contribution in [-0.2, 0) is 11.2 Å². The monoisotopic (exact) mass is 361 g/mol. The van der Waals surface area contributed by atoms with Gasteiger partial charge in [-0.1, -0.05) is 0 Å². The van der Waals surface area contributed by atoms with Crippen molar-refractivity contribution in [3.63, 3.8) is 0 Å². The Morgan fingerprint density at radius 1 is 1.40 bits per heavy atom. The van der Waals surface area contributed by atoms with Crippen LogP contribution in [0.15, 0.2) is 18.2 Å². The van der Waals surface area contributed by atoms with Gasteiger partial charge in [-0.25, -0.2) is 0 Å². The van der Waals surface area contributed by atoms with E-state index in [9.17, 15) is 9.59 Å². The molecule has 0 spiro atoms. The molecule has 3 aliphatic heterocycles. The lowest BCUT2D eigenvalue weighted by Crippen LogP contribution is -2.42. The maximum atomic E-state index is 12.4. The SMILES string of the molecule is O=C(NC[C@@H]1CN[C@H](C(=O)N2CCSC2)C1)c1ccc2c(c1)CCO2. The van der Waals surface area contributed by atoms with Gasteiger partial charge in [0.05, 0.1) is 18.5 Å². The zero-order chi connectivity index (χ0) is 17.2. The average molecular weight is 361 g/mol. The minimum absolute atomic E-state index is 0.0552. The van der Waals surface area contributed by atoms with Gasteiger partial charge in [0.15, 0.2) is 0 Å². The normalized spacial score (nSPS) is 24.9. The lowest BCUT2D eigenvalue weighted by molar-refractivity contribution is -0.131. The Morgan fingerprint density at radius 3 is 3.16 bits per heavy atom. The lowest BCUT2D eigenvalue weighted by Gasteiger charge is -2.19. The van der Waals surface area contributed by atoms with Crippen LogP contribution in [0.3, 0.4) is 0 Å². The van der Waals surface area contributed by atoms with Crippen molar-refractivity contribution in [1.29, 1.82) is 0 Å². The first-order chi connectivity index (χ1) is 12.2. The highest BCUT2D eigenvalue weighted by molar-refractivity contribution is 7.99. The van der Waals surface area contributed by atoms with Crippen molar-refractivity contribution in [1.82, 2.24) is 15.5 Å². The van der Waals surface area contributed by atoms with Crippen LogP contribution < -0.4 is 15.4 Å². The molecule has 2 N–H and O–H groups in total. The van der Waals surface area contributed by atoms with E-state index >= 15 is 0 Å². The molecule has 1 aromatic carbocycles. The molecule has 134 valence electrons. The Kier molecular flexibility index (Phi) is 4.85. The number of hydrogen-bond donors (Lipinski definition) is 2. The van der Waals surface area contributed by atoms with Crippen molar-refractivity contribution < 1.29 is 14.3 Å². The standard InChI is InChI=1S/C18H23N3O3S/c22-17(14-1-2-16-13(8-14)3-5-24-16)20-10-12-7-15(19-9-12)18(23)21-4-6-25-11-21/h1-2,8,12,15,19H,3-7,9-11H2,(H,20,22)/t12-,15-/m0/s1. The van der Waals surface area contributed by atoms with Gasteiger partial charge in [0.25, 0.3) is 5.91 Å². The highest BCUT2D eigenvalue weighted by Crippen LogP contribution is 2.26. The Morgan fingerprint density at radius 2 is 2.32 bits per heavy atom. The second-order valence-corrected chi connectivity index (χ2v) is 7.91. The third kappa shape index (κ3) is 3.62. The fourth-order valence-corrected chi connectivity index (χ4v) is 4.58. The molecule has 0 bridgehead atoms. The first kappa shape index (κ1) is 16.7. The van der Waals surface area contributed by atoms with Gasteiger partial charge < -0.3 is 20.3 Å². The smallest absolute Gasteiger partial charge is 0.251 e. The van der Waals surface area contributed by atoms with Crippen LogP contribution >= 0.6 is 11.8 Å². The molecule has 7 heteroatoms. The van der Waals surface area contributed by atoms with Crippen LogP contribution in [0.2, 0.25) is 0 Å². The number of nitrogens with one attached hydrogen (secondary N) is 2. The molecule has 1 aromatic rings. The quantitative estimate of drug-likeness (QED) is 0.833. The zero-order valence-electron chi connectivity index (χ0n) is 14.1. The minimum Gasteiger partial charge on any atom is -0.493 e. The molecular formula is C18H23N3O3S. The number of benzene rings is 1. The van der Waals surface area contributed by atoms with Crippen molar-refractivity contribution in [3.8, 4) is 5.75 Å². The number of carbonyl (C=O) groups excluding carboxylic acids is 2. The summed E-state index contributed by atoms with van der Waals surface area (Å²) in [5.74, 6) is 3.17. The van der Waals surface area contributed by atoms with Gasteiger partial charge in [-0.3, -0.25) is 9.59 Å². The molecule has 6 nitrogen and oxygen atoms in total. The van der Waals surface area contributed by atoms with Crippen molar-refractivity contribution >= 4 is 23.6 Å². The van der Waals surface area contributed by atoms with E-state index in [1.54, 1.807) is 11.8 Å². The molecular weight excluding hydrogens is 338 g/mol. The van der Waals surface area contributed by atoms with Gasteiger partial charge in [0, 0.05) is 37.4 Å². The molecule has 2 fully saturated rings. The van der Waals surface area contributed by atoms with E-state index in [0.29, 0.717) is 24.6 Å². The summed E-state index contributed by atoms with van der Waals surface area (Å²) in [7, 11) is 0. The third-order valence-corrected chi connectivity index (χ3v) is 6.05. The van der Waals surface area contributed by atoms with Gasteiger partial charge in [-0.15, -0.1) is 11.8 Å². The van der Waals surface area contributed by atoms with Crippen molar-refractivity contribution in [2.75, 3.05) is 37.9 Å². The summed E-state index contributed by atoms with van der Waals surface area (Å²) in [6, 6.07) is 5.50. The number of ether oxygens (including phenoxy) is 1. The summed E-state index contributed by atoms with van der Waals surface area (Å²) in [6.45, 7) is 2.91. The van der Waals surface area contributed by atoms with E-state index in [1.165, 1.54) is 0 Å². The predicted octanol–water partition coefficient (Wildman–Crippen LogP) is 0.862. The van der Waals surface area contributed by atoms with Crippen LogP contribution in [0.4, 0.5) is 0 Å². The van der Waals surface area contributed by atoms with Gasteiger partial charge >= 0.3 is 0 Å². The number of amides is 2. The van der Waals surface area contributed by atoms with E-state index in [1.807, 2.05) is 23.1 Å². The summed E-state index contributed by atoms with van der Waals surface area (Å²) in [5, 5.41) is 6.32. The van der Waals surface area contributed by atoms with Crippen LogP contribution in [0.25, 0.3) is 0 Å². The Labute approximate surface area is 151 Å². The van der Waals surface area contributed by atoms with Crippen LogP contribution in [0.5, 0.6) is 5.75 Å². The summed E-state index contributed by atoms with van der Waals surface area (Å²) >= 11 is 1.80. The third-order valence-electron chi connectivity index (χ3n) is 5.09. The minimum atomic E-state index is -0.0993. The lowest BCUT2D eigenvalue weighted by atomic mass is 10.0. The summed E-state index contributed by atoms with van der Waals surface area (Å²) in [4.78, 5) is 26.7. The molecule has 0 unspecified atom stereocenters. The number of hydrogen-bond acceptors (Lipinski definition) is 5. The van der Waals surface area contributed by atoms with E-state index in [4.69, 9.17) is 4.74 Å². The first-order valence-electron chi connectivity index (χ1n) is 8.84. The van der Waals surface area contributed by atoms with Crippen LogP contribution in [0, 0.1) is 5.92 Å². The highest BCUT2D eigenvalue weighted by Gasteiger charge is 2.33. The van der Waals surface area contributed by atoms with Gasteiger partial charge in [0.2, 0.25) is 5.91 Å². The van der Waals surface area contributed by atoms with E-state index in [2.05, 4.69) is 10.6 Å². The molecule has 2 amide bonds. The van der Waals surface area contributed by atoms with E-state index in [0.717, 1.165) is 48.9 Å². The fraction of sp³-hybridized carbons (Fsp3) is 0.556. The van der Waals surface area contributed by atoms with Crippen LogP contribution in [0.1, 0.15) is 22.3 Å². The second-order valence-electron chi connectivity index (χ2n) is 6.83. The summed E-state index contributed by atoms with van der Waals surface area (Å²) in [6.07, 6.45) is 1.65. The summed E-state index contributed by atoms with van der Waals surface area (Å²) in [5.41, 5.74) is 1.78. The highest BCUT2D eigenvalue weighted by atomic mass is 32.2. The fourth-order valence-electron chi connectivity index (χ4n) is 3.63. The Hall–Kier alpha value is -1.73. The maximum absolute atomic E-state index is 12.4. The number of thioether (sulfide) groups is 1. The summed E-state index contributed by atoms with van der Waals surface area (Å²) < 4.78 is 5.47. The van der Waals surface area contributed by atoms with Gasteiger partial charge in [-0.05, 0) is 36.1 Å². The molecule has 0 aromatic heterocycles. The van der Waals surface area contributed by atoms with Crippen molar-refractivity contribution in [2.45, 2.75) is 18.9 Å². The molecule has 3 aliphatic rings. The molecule has 0 saturated carbocycles. The number of carbonyl (C=O) groups is 2. The molecule has 4 rings (SSSR count). The van der Waals surface area contributed by atoms with E-state index < -0.39 is 0 Å². The van der Waals surface area contributed by atoms with Gasteiger partial charge in [0.1, 0.15) is 5.75 Å². The zero-order valence-corrected chi connectivity index (χ0v) is 14.9. The molecule has 2 atom stereocenters. The van der Waals surface area contributed by atoms with E-state index in [-0.39, 0.29) is 17.9 Å². The largest absolute Gasteiger partial charge is 0.493 e. The topological polar surface area (TPSA) is 70.7 Å². The Bertz CT molecular complexity index is 676. The molecule has 3 heterocycles.